The van der Waals surface area contributed by atoms with E-state index >= 15 is 0 Å². The van der Waals surface area contributed by atoms with Crippen LogP contribution >= 0.6 is 0 Å². The molecule has 1 amide bonds. The number of benzene rings is 1. The molecule has 2 N–H and O–H groups in total. The molecule has 40 heavy (non-hydrogen) atoms. The molecule has 1 saturated carbocycles. The van der Waals surface area contributed by atoms with Gasteiger partial charge in [0.25, 0.3) is 5.91 Å². The normalized spacial score (nSPS) is 17.6. The Morgan fingerprint density at radius 1 is 1.18 bits per heavy atom. The second kappa shape index (κ2) is 10.1. The summed E-state index contributed by atoms with van der Waals surface area (Å²) >= 11 is 0. The largest absolute Gasteiger partial charge is 0.490 e. The number of aryl methyl sites for hydroxylation is 1. The van der Waals surface area contributed by atoms with E-state index in [2.05, 4.69) is 40.7 Å². The highest BCUT2D eigenvalue weighted by Gasteiger charge is 2.27. The fraction of sp³-hybridized carbons (Fsp3) is 0.387. The quantitative estimate of drug-likeness (QED) is 0.314. The number of fused-ring (bicyclic) bond motifs is 2. The Morgan fingerprint density at radius 3 is 2.88 bits per heavy atom. The highest BCUT2D eigenvalue weighted by Crippen LogP contribution is 2.39. The first-order valence-electron chi connectivity index (χ1n) is 14.3. The van der Waals surface area contributed by atoms with E-state index in [1.165, 1.54) is 12.8 Å². The van der Waals surface area contributed by atoms with Gasteiger partial charge in [-0.15, -0.1) is 0 Å². The lowest BCUT2D eigenvalue weighted by Crippen LogP contribution is -2.45. The lowest BCUT2D eigenvalue weighted by atomic mass is 10.1. The van der Waals surface area contributed by atoms with Crippen LogP contribution in [0.25, 0.3) is 27.8 Å². The van der Waals surface area contributed by atoms with Gasteiger partial charge >= 0.3 is 0 Å². The van der Waals surface area contributed by atoms with Crippen molar-refractivity contribution in [3.05, 3.63) is 72.4 Å². The van der Waals surface area contributed by atoms with Crippen molar-refractivity contribution < 1.29 is 9.53 Å². The third-order valence-electron chi connectivity index (χ3n) is 8.30. The second-order valence-corrected chi connectivity index (χ2v) is 11.3. The Kier molecular flexibility index (Phi) is 6.31. The molecule has 1 atom stereocenters. The van der Waals surface area contributed by atoms with Gasteiger partial charge in [-0.1, -0.05) is 12.1 Å². The number of nitrogens with two attached hydrogens (primary N) is 1. The summed E-state index contributed by atoms with van der Waals surface area (Å²) in [4.78, 5) is 19.2. The number of ether oxygens (including phenoxy) is 1. The lowest BCUT2D eigenvalue weighted by molar-refractivity contribution is 0.0708. The number of carbonyl (C=O) groups is 1. The summed E-state index contributed by atoms with van der Waals surface area (Å²) in [5, 5.41) is 6.19. The molecule has 0 spiro atoms. The molecule has 1 aliphatic heterocycles. The van der Waals surface area contributed by atoms with Gasteiger partial charge in [0.05, 0.1) is 35.2 Å². The van der Waals surface area contributed by atoms with Crippen LogP contribution in [0.5, 0.6) is 5.75 Å². The summed E-state index contributed by atoms with van der Waals surface area (Å²) in [6.45, 7) is 5.71. The van der Waals surface area contributed by atoms with Gasteiger partial charge in [-0.3, -0.25) is 4.79 Å². The molecule has 9 heteroatoms. The van der Waals surface area contributed by atoms with Crippen molar-refractivity contribution in [3.8, 4) is 17.1 Å². The van der Waals surface area contributed by atoms with Crippen LogP contribution in [0.15, 0.2) is 61.3 Å². The Bertz CT molecular complexity index is 1680. The number of nitrogens with zero attached hydrogens (tertiary/aromatic N) is 6. The fourth-order valence-electron chi connectivity index (χ4n) is 5.95. The van der Waals surface area contributed by atoms with E-state index in [9.17, 15) is 4.79 Å². The number of carbonyl (C=O) groups excluding carboxylic acids is 1. The molecule has 206 valence electrons. The van der Waals surface area contributed by atoms with E-state index in [-0.39, 0.29) is 11.9 Å². The molecule has 4 aromatic heterocycles. The summed E-state index contributed by atoms with van der Waals surface area (Å²) < 4.78 is 12.6. The average Bonchev–Trinajstić information content (AvgIpc) is 3.33. The Balaban J connectivity index is 1.25. The van der Waals surface area contributed by atoms with Crippen molar-refractivity contribution in [2.75, 3.05) is 19.7 Å². The SMILES string of the molecule is Cc1c(-c2cc3cccc(OCCn4ccnc4)c3n2CC2CC2)nn2cc(C(=O)N3CCC[C@@H](N)C3)ccc12. The highest BCUT2D eigenvalue weighted by atomic mass is 16.5. The zero-order valence-corrected chi connectivity index (χ0v) is 22.9. The maximum Gasteiger partial charge on any atom is 0.255 e. The number of hydrogen-bond donors (Lipinski definition) is 1. The minimum Gasteiger partial charge on any atom is -0.490 e. The first-order valence-corrected chi connectivity index (χ1v) is 14.3. The van der Waals surface area contributed by atoms with E-state index in [0.29, 0.717) is 24.6 Å². The van der Waals surface area contributed by atoms with Crippen LogP contribution in [-0.4, -0.2) is 60.3 Å². The minimum absolute atomic E-state index is 0.0204. The van der Waals surface area contributed by atoms with Crippen LogP contribution < -0.4 is 10.5 Å². The molecule has 5 heterocycles. The molecular formula is C31H35N7O2. The van der Waals surface area contributed by atoms with Crippen LogP contribution in [0.2, 0.25) is 0 Å². The van der Waals surface area contributed by atoms with Gasteiger partial charge in [-0.25, -0.2) is 9.50 Å². The standard InChI is InChI=1S/C31H35N7O2/c1-21-26-10-9-24(31(39)36-12-3-5-25(32)19-36)18-38(26)34-29(21)27-16-23-4-2-6-28(30(23)37(27)17-22-7-8-22)40-15-14-35-13-11-33-20-35/h2,4,6,9-11,13,16,18,20,22,25H,3,5,7-8,12,14-15,17,19,32H2,1H3/t25-/m1/s1. The molecule has 2 fully saturated rings. The number of hydrogen-bond acceptors (Lipinski definition) is 5. The minimum atomic E-state index is 0.0204. The van der Waals surface area contributed by atoms with Crippen molar-refractivity contribution in [2.45, 2.75) is 51.7 Å². The molecule has 5 aromatic rings. The third-order valence-corrected chi connectivity index (χ3v) is 8.30. The van der Waals surface area contributed by atoms with Crippen LogP contribution in [0.3, 0.4) is 0 Å². The number of pyridine rings is 1. The van der Waals surface area contributed by atoms with E-state index < -0.39 is 0 Å². The smallest absolute Gasteiger partial charge is 0.255 e. The van der Waals surface area contributed by atoms with Crippen molar-refractivity contribution in [1.82, 2.24) is 28.6 Å². The number of piperidine rings is 1. The summed E-state index contributed by atoms with van der Waals surface area (Å²) in [5.41, 5.74) is 12.0. The van der Waals surface area contributed by atoms with Gasteiger partial charge in [0, 0.05) is 55.2 Å². The Morgan fingerprint density at radius 2 is 2.08 bits per heavy atom. The van der Waals surface area contributed by atoms with Crippen LogP contribution in [0, 0.1) is 12.8 Å². The van der Waals surface area contributed by atoms with Gasteiger partial charge in [-0.2, -0.15) is 5.10 Å². The number of rotatable bonds is 8. The van der Waals surface area contributed by atoms with Crippen molar-refractivity contribution >= 4 is 22.3 Å². The predicted octanol–water partition coefficient (Wildman–Crippen LogP) is 4.51. The average molecular weight is 538 g/mol. The number of aromatic nitrogens is 5. The van der Waals surface area contributed by atoms with Crippen molar-refractivity contribution in [2.24, 2.45) is 11.7 Å². The first kappa shape index (κ1) is 24.9. The maximum absolute atomic E-state index is 13.3. The molecule has 0 unspecified atom stereocenters. The van der Waals surface area contributed by atoms with Gasteiger partial charge in [0.15, 0.2) is 0 Å². The highest BCUT2D eigenvalue weighted by molar-refractivity contribution is 5.95. The maximum atomic E-state index is 13.3. The predicted molar refractivity (Wildman–Crippen MR) is 154 cm³/mol. The number of para-hydroxylation sites is 1. The van der Waals surface area contributed by atoms with Crippen LogP contribution in [-0.2, 0) is 13.1 Å². The van der Waals surface area contributed by atoms with E-state index in [0.717, 1.165) is 71.6 Å². The topological polar surface area (TPSA) is 95.6 Å². The van der Waals surface area contributed by atoms with E-state index in [1.54, 1.807) is 6.20 Å². The van der Waals surface area contributed by atoms with Crippen molar-refractivity contribution in [1.29, 1.82) is 0 Å². The lowest BCUT2D eigenvalue weighted by Gasteiger charge is -2.30. The molecule has 1 saturated heterocycles. The molecule has 7 rings (SSSR count). The second-order valence-electron chi connectivity index (χ2n) is 11.3. The fourth-order valence-corrected chi connectivity index (χ4v) is 5.95. The van der Waals surface area contributed by atoms with E-state index in [4.69, 9.17) is 15.6 Å². The summed E-state index contributed by atoms with van der Waals surface area (Å²) in [6.07, 6.45) is 11.8. The van der Waals surface area contributed by atoms with Gasteiger partial charge in [0.1, 0.15) is 18.1 Å². The van der Waals surface area contributed by atoms with Crippen LogP contribution in [0.1, 0.15) is 41.6 Å². The summed E-state index contributed by atoms with van der Waals surface area (Å²) in [6, 6.07) is 12.5. The van der Waals surface area contributed by atoms with Gasteiger partial charge in [-0.05, 0) is 62.8 Å². The molecule has 0 bridgehead atoms. The molecule has 1 aromatic carbocycles. The number of imidazole rings is 1. The Labute approximate surface area is 233 Å². The Hall–Kier alpha value is -4.11. The van der Waals surface area contributed by atoms with Gasteiger partial charge < -0.3 is 24.5 Å². The molecule has 2 aliphatic rings. The summed E-state index contributed by atoms with van der Waals surface area (Å²) in [7, 11) is 0. The first-order chi connectivity index (χ1) is 19.5. The molecule has 9 nitrogen and oxygen atoms in total. The number of amides is 1. The van der Waals surface area contributed by atoms with Crippen molar-refractivity contribution in [3.63, 3.8) is 0 Å². The molecule has 0 radical (unpaired) electrons. The molecule has 1 aliphatic carbocycles. The van der Waals surface area contributed by atoms with E-state index in [1.807, 2.05) is 44.8 Å². The zero-order chi connectivity index (χ0) is 27.2. The monoisotopic (exact) mass is 537 g/mol. The van der Waals surface area contributed by atoms with Gasteiger partial charge in [0.2, 0.25) is 0 Å². The third kappa shape index (κ3) is 4.64. The van der Waals surface area contributed by atoms with Crippen LogP contribution in [0.4, 0.5) is 0 Å². The molecular weight excluding hydrogens is 502 g/mol. The zero-order valence-electron chi connectivity index (χ0n) is 22.9. The number of likely N-dealkylation sites (tertiary alicyclic amines) is 1. The summed E-state index contributed by atoms with van der Waals surface area (Å²) in [5.74, 6) is 1.58.